The third kappa shape index (κ3) is 4.23. The van der Waals surface area contributed by atoms with Crippen LogP contribution in [-0.4, -0.2) is 21.9 Å². The predicted octanol–water partition coefficient (Wildman–Crippen LogP) is 4.74. The molecule has 1 fully saturated rings. The van der Waals surface area contributed by atoms with Crippen molar-refractivity contribution >= 4 is 52.0 Å². The van der Waals surface area contributed by atoms with Gasteiger partial charge < -0.3 is 15.2 Å². The molecular formula is C19H17NO3S3. The van der Waals surface area contributed by atoms with Crippen LogP contribution in [0.15, 0.2) is 51.1 Å². The number of aromatic hydroxyl groups is 1. The molecule has 1 heterocycles. The van der Waals surface area contributed by atoms with Gasteiger partial charge in [-0.1, -0.05) is 53.9 Å². The molecule has 0 unspecified atom stereocenters. The Morgan fingerprint density at radius 1 is 1.31 bits per heavy atom. The summed E-state index contributed by atoms with van der Waals surface area (Å²) in [5.41, 5.74) is 1.89. The Morgan fingerprint density at radius 2 is 2.08 bits per heavy atom. The smallest absolute Gasteiger partial charge is 0.263 e. The molecule has 0 radical (unpaired) electrons. The maximum Gasteiger partial charge on any atom is 0.263 e. The van der Waals surface area contributed by atoms with Crippen LogP contribution in [0.4, 0.5) is 0 Å². The van der Waals surface area contributed by atoms with Gasteiger partial charge >= 0.3 is 0 Å². The molecule has 1 saturated heterocycles. The van der Waals surface area contributed by atoms with E-state index in [1.807, 2.05) is 44.2 Å². The van der Waals surface area contributed by atoms with E-state index in [4.69, 9.17) is 17.0 Å². The van der Waals surface area contributed by atoms with E-state index in [2.05, 4.69) is 5.32 Å². The summed E-state index contributed by atoms with van der Waals surface area (Å²) in [6.07, 6.45) is 1.75. The van der Waals surface area contributed by atoms with Gasteiger partial charge in [-0.25, -0.2) is 0 Å². The summed E-state index contributed by atoms with van der Waals surface area (Å²) in [6, 6.07) is 11.5. The second-order valence-electron chi connectivity index (χ2n) is 5.52. The Labute approximate surface area is 166 Å². The van der Waals surface area contributed by atoms with Crippen molar-refractivity contribution in [3.8, 4) is 11.5 Å². The van der Waals surface area contributed by atoms with Crippen molar-refractivity contribution in [2.24, 2.45) is 0 Å². The van der Waals surface area contributed by atoms with Crippen LogP contribution >= 0.6 is 35.7 Å². The lowest BCUT2D eigenvalue weighted by Gasteiger charge is -2.13. The first kappa shape index (κ1) is 18.8. The zero-order valence-corrected chi connectivity index (χ0v) is 16.7. The summed E-state index contributed by atoms with van der Waals surface area (Å²) in [6.45, 7) is 4.31. The minimum absolute atomic E-state index is 0.0984. The molecule has 0 aliphatic carbocycles. The number of thiocarbonyl (C=S) groups is 1. The van der Waals surface area contributed by atoms with Crippen molar-refractivity contribution in [2.75, 3.05) is 6.61 Å². The summed E-state index contributed by atoms with van der Waals surface area (Å²) in [4.78, 5) is 14.2. The molecule has 7 heteroatoms. The molecule has 2 aromatic rings. The number of carbonyl (C=O) groups excluding carboxylic acids is 1. The number of rotatable bonds is 5. The van der Waals surface area contributed by atoms with Gasteiger partial charge in [0.1, 0.15) is 4.32 Å². The van der Waals surface area contributed by atoms with Crippen LogP contribution in [0.5, 0.6) is 11.5 Å². The Bertz CT molecular complexity index is 909. The Morgan fingerprint density at radius 3 is 2.73 bits per heavy atom. The van der Waals surface area contributed by atoms with Crippen molar-refractivity contribution in [2.45, 2.75) is 23.6 Å². The molecule has 2 N–H and O–H groups in total. The number of hydrogen-bond acceptors (Lipinski definition) is 6. The SMILES string of the molecule is CCOc1cc(C=C2SC(=S)NC2=O)cc(Sc2ccccc2C)c1O. The number of thioether (sulfide) groups is 1. The average Bonchev–Trinajstić information content (AvgIpc) is 2.91. The largest absolute Gasteiger partial charge is 0.503 e. The van der Waals surface area contributed by atoms with E-state index in [0.29, 0.717) is 26.5 Å². The second kappa shape index (κ2) is 8.16. The lowest BCUT2D eigenvalue weighted by atomic mass is 10.2. The predicted molar refractivity (Wildman–Crippen MR) is 111 cm³/mol. The third-order valence-electron chi connectivity index (χ3n) is 3.62. The molecule has 0 aromatic heterocycles. The van der Waals surface area contributed by atoms with Crippen LogP contribution in [0, 0.1) is 6.92 Å². The number of phenolic OH excluding ortho intramolecular Hbond substituents is 1. The zero-order valence-electron chi connectivity index (χ0n) is 14.2. The molecule has 0 atom stereocenters. The van der Waals surface area contributed by atoms with E-state index in [0.717, 1.165) is 16.0 Å². The summed E-state index contributed by atoms with van der Waals surface area (Å²) >= 11 is 7.71. The molecule has 1 aliphatic rings. The summed E-state index contributed by atoms with van der Waals surface area (Å²) in [5, 5.41) is 13.2. The van der Waals surface area contributed by atoms with Gasteiger partial charge in [0.15, 0.2) is 11.5 Å². The summed E-state index contributed by atoms with van der Waals surface area (Å²) in [7, 11) is 0. The van der Waals surface area contributed by atoms with E-state index in [-0.39, 0.29) is 11.7 Å². The lowest BCUT2D eigenvalue weighted by Crippen LogP contribution is -2.17. The Hall–Kier alpha value is -1.96. The van der Waals surface area contributed by atoms with Gasteiger partial charge in [-0.2, -0.15) is 0 Å². The number of phenols is 1. The fourth-order valence-electron chi connectivity index (χ4n) is 2.39. The quantitative estimate of drug-likeness (QED) is 0.556. The van der Waals surface area contributed by atoms with E-state index in [9.17, 15) is 9.90 Å². The lowest BCUT2D eigenvalue weighted by molar-refractivity contribution is -0.115. The van der Waals surface area contributed by atoms with Crippen LogP contribution in [0.1, 0.15) is 18.1 Å². The van der Waals surface area contributed by atoms with E-state index in [1.165, 1.54) is 23.5 Å². The number of ether oxygens (including phenoxy) is 1. The Balaban J connectivity index is 2.02. The van der Waals surface area contributed by atoms with Crippen LogP contribution in [0.25, 0.3) is 6.08 Å². The first-order valence-electron chi connectivity index (χ1n) is 7.96. The molecule has 3 rings (SSSR count). The van der Waals surface area contributed by atoms with Crippen molar-refractivity contribution in [3.63, 3.8) is 0 Å². The molecule has 0 spiro atoms. The van der Waals surface area contributed by atoms with Gasteiger partial charge in [0.05, 0.1) is 16.4 Å². The monoisotopic (exact) mass is 403 g/mol. The highest BCUT2D eigenvalue weighted by molar-refractivity contribution is 8.26. The number of benzene rings is 2. The summed E-state index contributed by atoms with van der Waals surface area (Å²) < 4.78 is 6.02. The molecular weight excluding hydrogens is 386 g/mol. The molecule has 2 aromatic carbocycles. The number of amides is 1. The number of aryl methyl sites for hydroxylation is 1. The highest BCUT2D eigenvalue weighted by Crippen LogP contribution is 2.42. The third-order valence-corrected chi connectivity index (χ3v) is 5.99. The normalized spacial score (nSPS) is 15.4. The van der Waals surface area contributed by atoms with Gasteiger partial charge in [0.25, 0.3) is 5.91 Å². The number of carbonyl (C=O) groups is 1. The minimum Gasteiger partial charge on any atom is -0.503 e. The fraction of sp³-hybridized carbons (Fsp3) is 0.158. The standard InChI is InChI=1S/C19H17NO3S3/c1-3-23-13-8-12(10-16-18(22)20-19(24)26-16)9-15(17(13)21)25-14-7-5-4-6-11(14)2/h4-10,21H,3H2,1-2H3,(H,20,22,24). The number of nitrogens with one attached hydrogen (secondary N) is 1. The van der Waals surface area contributed by atoms with Gasteiger partial charge in [0, 0.05) is 4.90 Å². The molecule has 26 heavy (non-hydrogen) atoms. The first-order valence-corrected chi connectivity index (χ1v) is 10.00. The molecule has 1 aliphatic heterocycles. The Kier molecular flexibility index (Phi) is 5.90. The van der Waals surface area contributed by atoms with E-state index in [1.54, 1.807) is 12.1 Å². The van der Waals surface area contributed by atoms with Crippen molar-refractivity contribution in [1.82, 2.24) is 5.32 Å². The van der Waals surface area contributed by atoms with Crippen LogP contribution in [0.3, 0.4) is 0 Å². The van der Waals surface area contributed by atoms with Crippen LogP contribution < -0.4 is 10.1 Å². The van der Waals surface area contributed by atoms with Crippen LogP contribution in [-0.2, 0) is 4.79 Å². The fourth-order valence-corrected chi connectivity index (χ4v) is 4.44. The average molecular weight is 404 g/mol. The molecule has 4 nitrogen and oxygen atoms in total. The van der Waals surface area contributed by atoms with Crippen LogP contribution in [0.2, 0.25) is 0 Å². The maximum atomic E-state index is 11.9. The minimum atomic E-state index is -0.209. The topological polar surface area (TPSA) is 58.6 Å². The molecule has 0 bridgehead atoms. The van der Waals surface area contributed by atoms with E-state index >= 15 is 0 Å². The highest BCUT2D eigenvalue weighted by Gasteiger charge is 2.22. The maximum absolute atomic E-state index is 11.9. The van der Waals surface area contributed by atoms with Crippen molar-refractivity contribution < 1.29 is 14.6 Å². The summed E-state index contributed by atoms with van der Waals surface area (Å²) in [5.74, 6) is 0.282. The number of hydrogen-bond donors (Lipinski definition) is 2. The van der Waals surface area contributed by atoms with Crippen molar-refractivity contribution in [3.05, 3.63) is 52.4 Å². The molecule has 134 valence electrons. The van der Waals surface area contributed by atoms with Gasteiger partial charge in [-0.3, -0.25) is 4.79 Å². The van der Waals surface area contributed by atoms with Gasteiger partial charge in [0.2, 0.25) is 0 Å². The first-order chi connectivity index (χ1) is 12.5. The highest BCUT2D eigenvalue weighted by atomic mass is 32.2. The van der Waals surface area contributed by atoms with Crippen molar-refractivity contribution in [1.29, 1.82) is 0 Å². The van der Waals surface area contributed by atoms with Gasteiger partial charge in [-0.05, 0) is 49.2 Å². The van der Waals surface area contributed by atoms with Gasteiger partial charge in [-0.15, -0.1) is 0 Å². The second-order valence-corrected chi connectivity index (χ2v) is 8.32. The molecule has 1 amide bonds. The van der Waals surface area contributed by atoms with E-state index < -0.39 is 0 Å². The molecule has 0 saturated carbocycles. The zero-order chi connectivity index (χ0) is 18.7.